The molecule has 2 heterocycles. The summed E-state index contributed by atoms with van der Waals surface area (Å²) in [5.41, 5.74) is 3.22. The van der Waals surface area contributed by atoms with Gasteiger partial charge in [0, 0.05) is 30.9 Å². The van der Waals surface area contributed by atoms with Gasteiger partial charge in [0.25, 0.3) is 0 Å². The van der Waals surface area contributed by atoms with Gasteiger partial charge >= 0.3 is 0 Å². The number of anilines is 2. The van der Waals surface area contributed by atoms with E-state index in [2.05, 4.69) is 48.7 Å². The number of aryl methyl sites for hydroxylation is 1. The fraction of sp³-hybridized carbons (Fsp3) is 0.176. The molecule has 0 atom stereocenters. The van der Waals surface area contributed by atoms with E-state index in [9.17, 15) is 0 Å². The zero-order valence-electron chi connectivity index (χ0n) is 12.3. The minimum absolute atomic E-state index is 0.791. The number of hydrogen-bond donors (Lipinski definition) is 2. The molecule has 3 rings (SSSR count). The molecule has 0 aliphatic rings. The predicted molar refractivity (Wildman–Crippen MR) is 95.4 cm³/mol. The van der Waals surface area contributed by atoms with E-state index in [0.717, 1.165) is 45.5 Å². The molecule has 22 heavy (non-hydrogen) atoms. The third-order valence-electron chi connectivity index (χ3n) is 3.37. The van der Waals surface area contributed by atoms with E-state index in [4.69, 9.17) is 0 Å². The van der Waals surface area contributed by atoms with Crippen molar-refractivity contribution in [3.8, 4) is 0 Å². The Morgan fingerprint density at radius 2 is 1.77 bits per heavy atom. The first-order chi connectivity index (χ1) is 10.7. The summed E-state index contributed by atoms with van der Waals surface area (Å²) in [5, 5.41) is 7.88. The lowest BCUT2D eigenvalue weighted by molar-refractivity contribution is 1.06. The second-order valence-electron chi connectivity index (χ2n) is 5.07. The molecule has 2 aromatic heterocycles. The van der Waals surface area contributed by atoms with Crippen LogP contribution in [0.25, 0.3) is 10.9 Å². The lowest BCUT2D eigenvalue weighted by Crippen LogP contribution is -2.14. The summed E-state index contributed by atoms with van der Waals surface area (Å²) < 4.78 is 0.972. The van der Waals surface area contributed by atoms with Crippen molar-refractivity contribution in [1.82, 2.24) is 9.97 Å². The molecule has 0 fully saturated rings. The third kappa shape index (κ3) is 3.36. The van der Waals surface area contributed by atoms with Crippen molar-refractivity contribution < 1.29 is 0 Å². The summed E-state index contributed by atoms with van der Waals surface area (Å²) in [5.74, 6) is 0.894. The van der Waals surface area contributed by atoms with Crippen molar-refractivity contribution in [1.29, 1.82) is 0 Å². The highest BCUT2D eigenvalue weighted by molar-refractivity contribution is 9.10. The van der Waals surface area contributed by atoms with Gasteiger partial charge in [0.05, 0.1) is 15.7 Å². The van der Waals surface area contributed by atoms with E-state index < -0.39 is 0 Å². The van der Waals surface area contributed by atoms with E-state index in [1.54, 1.807) is 0 Å². The first-order valence-electron chi connectivity index (χ1n) is 7.18. The lowest BCUT2D eigenvalue weighted by Gasteiger charge is -2.12. The van der Waals surface area contributed by atoms with Gasteiger partial charge in [-0.05, 0) is 40.5 Å². The van der Waals surface area contributed by atoms with Crippen LogP contribution in [0.3, 0.4) is 0 Å². The second kappa shape index (κ2) is 6.75. The maximum atomic E-state index is 4.41. The molecule has 3 aromatic rings. The molecule has 0 bridgehead atoms. The first kappa shape index (κ1) is 14.8. The molecule has 112 valence electrons. The van der Waals surface area contributed by atoms with Crippen LogP contribution in [0.1, 0.15) is 5.56 Å². The molecule has 0 saturated carbocycles. The second-order valence-corrected chi connectivity index (χ2v) is 5.93. The van der Waals surface area contributed by atoms with Crippen LogP contribution in [-0.2, 0) is 0 Å². The fourth-order valence-electron chi connectivity index (χ4n) is 2.25. The maximum absolute atomic E-state index is 4.41. The van der Waals surface area contributed by atoms with Crippen LogP contribution >= 0.6 is 15.9 Å². The number of fused-ring (bicyclic) bond motifs is 1. The fourth-order valence-corrected chi connectivity index (χ4v) is 2.70. The molecule has 0 amide bonds. The Balaban J connectivity index is 1.64. The Morgan fingerprint density at radius 1 is 0.955 bits per heavy atom. The Labute approximate surface area is 138 Å². The number of halogens is 1. The number of aromatic nitrogens is 2. The number of rotatable bonds is 5. The zero-order valence-corrected chi connectivity index (χ0v) is 13.9. The van der Waals surface area contributed by atoms with E-state index in [-0.39, 0.29) is 0 Å². The summed E-state index contributed by atoms with van der Waals surface area (Å²) in [6.07, 6.45) is 3.70. The molecule has 0 aliphatic carbocycles. The van der Waals surface area contributed by atoms with Crippen molar-refractivity contribution in [3.05, 3.63) is 58.8 Å². The lowest BCUT2D eigenvalue weighted by atomic mass is 10.2. The van der Waals surface area contributed by atoms with Crippen molar-refractivity contribution in [2.75, 3.05) is 23.7 Å². The standard InChI is InChI=1S/C17H17BrN4/c1-12-6-7-16(22-10-12)19-8-9-20-17-13-4-2-3-5-15(13)21-11-14(17)18/h2-7,10-11H,8-9H2,1H3,(H,19,22)(H,20,21). The number of hydrogen-bond acceptors (Lipinski definition) is 4. The summed E-state index contributed by atoms with van der Waals surface area (Å²) in [6.45, 7) is 3.62. The minimum Gasteiger partial charge on any atom is -0.382 e. The molecule has 4 nitrogen and oxygen atoms in total. The van der Waals surface area contributed by atoms with E-state index in [1.165, 1.54) is 0 Å². The van der Waals surface area contributed by atoms with Crippen LogP contribution in [0.5, 0.6) is 0 Å². The van der Waals surface area contributed by atoms with Crippen molar-refractivity contribution in [2.24, 2.45) is 0 Å². The normalized spacial score (nSPS) is 10.6. The van der Waals surface area contributed by atoms with Crippen LogP contribution in [0.2, 0.25) is 0 Å². The Hall–Kier alpha value is -2.14. The number of nitrogens with zero attached hydrogens (tertiary/aromatic N) is 2. The van der Waals surface area contributed by atoms with Gasteiger partial charge < -0.3 is 10.6 Å². The highest BCUT2D eigenvalue weighted by Gasteiger charge is 2.05. The molecule has 1 aromatic carbocycles. The Bertz CT molecular complexity index is 771. The third-order valence-corrected chi connectivity index (χ3v) is 3.97. The highest BCUT2D eigenvalue weighted by Crippen LogP contribution is 2.29. The maximum Gasteiger partial charge on any atom is 0.125 e. The number of benzene rings is 1. The number of pyridine rings is 2. The molecule has 0 aliphatic heterocycles. The Morgan fingerprint density at radius 3 is 2.59 bits per heavy atom. The van der Waals surface area contributed by atoms with Crippen molar-refractivity contribution in [2.45, 2.75) is 6.92 Å². The van der Waals surface area contributed by atoms with Gasteiger partial charge in [-0.3, -0.25) is 4.98 Å². The Kier molecular flexibility index (Phi) is 4.53. The number of nitrogens with one attached hydrogen (secondary N) is 2. The molecule has 5 heteroatoms. The highest BCUT2D eigenvalue weighted by atomic mass is 79.9. The summed E-state index contributed by atoms with van der Waals surface area (Å²) in [7, 11) is 0. The van der Waals surface area contributed by atoms with Gasteiger partial charge in [0.1, 0.15) is 5.82 Å². The van der Waals surface area contributed by atoms with Crippen LogP contribution < -0.4 is 10.6 Å². The smallest absolute Gasteiger partial charge is 0.125 e. The van der Waals surface area contributed by atoms with Gasteiger partial charge in [0.2, 0.25) is 0 Å². The summed E-state index contributed by atoms with van der Waals surface area (Å²) in [4.78, 5) is 8.75. The summed E-state index contributed by atoms with van der Waals surface area (Å²) in [6, 6.07) is 12.2. The average Bonchev–Trinajstić information content (AvgIpc) is 2.55. The van der Waals surface area contributed by atoms with Crippen LogP contribution in [0.15, 0.2) is 53.3 Å². The van der Waals surface area contributed by atoms with E-state index >= 15 is 0 Å². The van der Waals surface area contributed by atoms with Crippen LogP contribution in [-0.4, -0.2) is 23.1 Å². The zero-order chi connectivity index (χ0) is 15.4. The van der Waals surface area contributed by atoms with Gasteiger partial charge in [0.15, 0.2) is 0 Å². The van der Waals surface area contributed by atoms with E-state index in [1.807, 2.05) is 43.6 Å². The molecule has 2 N–H and O–H groups in total. The van der Waals surface area contributed by atoms with Gasteiger partial charge in [-0.15, -0.1) is 0 Å². The largest absolute Gasteiger partial charge is 0.382 e. The quantitative estimate of drug-likeness (QED) is 0.671. The van der Waals surface area contributed by atoms with Gasteiger partial charge in [-0.25, -0.2) is 4.98 Å². The van der Waals surface area contributed by atoms with Gasteiger partial charge in [-0.2, -0.15) is 0 Å². The molecule has 0 saturated heterocycles. The minimum atomic E-state index is 0.791. The van der Waals surface area contributed by atoms with Crippen LogP contribution in [0.4, 0.5) is 11.5 Å². The monoisotopic (exact) mass is 356 g/mol. The molecular weight excluding hydrogens is 340 g/mol. The summed E-state index contributed by atoms with van der Waals surface area (Å²) >= 11 is 3.56. The first-order valence-corrected chi connectivity index (χ1v) is 7.97. The molecule has 0 unspecified atom stereocenters. The van der Waals surface area contributed by atoms with E-state index in [0.29, 0.717) is 0 Å². The van der Waals surface area contributed by atoms with Crippen LogP contribution in [0, 0.1) is 6.92 Å². The SMILES string of the molecule is Cc1ccc(NCCNc2c(Br)cnc3ccccc23)nc1. The van der Waals surface area contributed by atoms with Crippen molar-refractivity contribution in [3.63, 3.8) is 0 Å². The van der Waals surface area contributed by atoms with Crippen molar-refractivity contribution >= 4 is 38.3 Å². The molecular formula is C17H17BrN4. The van der Waals surface area contributed by atoms with Gasteiger partial charge in [-0.1, -0.05) is 24.3 Å². The topological polar surface area (TPSA) is 49.8 Å². The molecule has 0 spiro atoms. The average molecular weight is 357 g/mol. The predicted octanol–water partition coefficient (Wildman–Crippen LogP) is 4.22. The molecule has 0 radical (unpaired) electrons. The number of para-hydroxylation sites is 1.